The first-order valence-corrected chi connectivity index (χ1v) is 9.88. The smallest absolute Gasteiger partial charge is 0.374 e. The first kappa shape index (κ1) is 16.8. The Morgan fingerprint density at radius 1 is 1.48 bits per heavy atom. The Kier molecular flexibility index (Phi) is 5.38. The lowest BCUT2D eigenvalue weighted by Crippen LogP contribution is -2.29. The summed E-state index contributed by atoms with van der Waals surface area (Å²) in [6, 6.07) is 1.08. The molecule has 21 heavy (non-hydrogen) atoms. The van der Waals surface area contributed by atoms with Crippen LogP contribution < -0.4 is 0 Å². The van der Waals surface area contributed by atoms with Crippen molar-refractivity contribution in [2.24, 2.45) is 5.92 Å². The minimum Gasteiger partial charge on any atom is -0.456 e. The number of carbonyl (C=O) groups excluding carboxylic acids is 1. The van der Waals surface area contributed by atoms with Gasteiger partial charge in [0.15, 0.2) is 4.67 Å². The van der Waals surface area contributed by atoms with Crippen molar-refractivity contribution in [1.82, 2.24) is 0 Å². The van der Waals surface area contributed by atoms with Crippen LogP contribution in [0.25, 0.3) is 0 Å². The zero-order valence-electron chi connectivity index (χ0n) is 11.5. The van der Waals surface area contributed by atoms with Crippen LogP contribution in [-0.2, 0) is 13.8 Å². The van der Waals surface area contributed by atoms with Crippen LogP contribution in [-0.4, -0.2) is 20.5 Å². The maximum atomic E-state index is 12.1. The second-order valence-electron chi connectivity index (χ2n) is 5.08. The second-order valence-corrected chi connectivity index (χ2v) is 8.34. The molecule has 1 aliphatic carbocycles. The minimum atomic E-state index is -3.97. The van der Waals surface area contributed by atoms with Crippen LogP contribution in [0, 0.1) is 5.92 Å². The molecular weight excluding hydrogens is 384 g/mol. The lowest BCUT2D eigenvalue weighted by Gasteiger charge is -2.30. The molecule has 1 aromatic heterocycles. The normalized spacial score (nSPS) is 23.0. The number of hydrogen-bond acceptors (Lipinski definition) is 5. The quantitative estimate of drug-likeness (QED) is 0.563. The zero-order chi connectivity index (χ0) is 15.6. The molecule has 2 unspecified atom stereocenters. The molecule has 1 saturated carbocycles. The molecule has 0 aromatic carbocycles. The van der Waals surface area contributed by atoms with Crippen molar-refractivity contribution in [2.45, 2.75) is 50.0 Å². The molecule has 5 nitrogen and oxygen atoms in total. The molecule has 8 heteroatoms. The van der Waals surface area contributed by atoms with E-state index in [0.29, 0.717) is 5.92 Å². The lowest BCUT2D eigenvalue weighted by molar-refractivity contribution is -0.00236. The highest BCUT2D eigenvalue weighted by atomic mass is 79.9. The van der Waals surface area contributed by atoms with Gasteiger partial charge < -0.3 is 9.15 Å². The number of esters is 1. The van der Waals surface area contributed by atoms with Gasteiger partial charge in [0.2, 0.25) is 5.76 Å². The van der Waals surface area contributed by atoms with Crippen LogP contribution in [0.5, 0.6) is 0 Å². The molecule has 118 valence electrons. The fraction of sp³-hybridized carbons (Fsp3) is 0.615. The zero-order valence-corrected chi connectivity index (χ0v) is 14.6. The van der Waals surface area contributed by atoms with Gasteiger partial charge in [0.1, 0.15) is 11.0 Å². The van der Waals surface area contributed by atoms with Crippen LogP contribution in [0.15, 0.2) is 20.0 Å². The Morgan fingerprint density at radius 2 is 2.14 bits per heavy atom. The Hall–Kier alpha value is -0.530. The molecule has 0 saturated heterocycles. The second kappa shape index (κ2) is 6.71. The maximum Gasteiger partial charge on any atom is 0.374 e. The van der Waals surface area contributed by atoms with Crippen molar-refractivity contribution in [2.75, 3.05) is 0 Å². The first-order chi connectivity index (χ1) is 9.82. The Labute approximate surface area is 136 Å². The fourth-order valence-electron chi connectivity index (χ4n) is 2.61. The Bertz CT molecular complexity index is 625. The van der Waals surface area contributed by atoms with E-state index in [-0.39, 0.29) is 21.4 Å². The number of carbonyl (C=O) groups is 1. The number of rotatable bonds is 4. The molecule has 0 amide bonds. The topological polar surface area (TPSA) is 73.6 Å². The predicted octanol–water partition coefficient (Wildman–Crippen LogP) is 4.10. The van der Waals surface area contributed by atoms with Crippen molar-refractivity contribution in [3.8, 4) is 0 Å². The summed E-state index contributed by atoms with van der Waals surface area (Å²) in [5.74, 6) is -0.480. The summed E-state index contributed by atoms with van der Waals surface area (Å²) in [6.45, 7) is 2.07. The molecule has 1 aliphatic rings. The van der Waals surface area contributed by atoms with Gasteiger partial charge in [-0.15, -0.1) is 0 Å². The van der Waals surface area contributed by atoms with Crippen LogP contribution >= 0.6 is 26.6 Å². The van der Waals surface area contributed by atoms with E-state index >= 15 is 0 Å². The van der Waals surface area contributed by atoms with E-state index in [2.05, 4.69) is 22.9 Å². The van der Waals surface area contributed by atoms with Crippen molar-refractivity contribution in [3.63, 3.8) is 0 Å². The molecule has 0 radical (unpaired) electrons. The summed E-state index contributed by atoms with van der Waals surface area (Å²) in [5.41, 5.74) is 0. The van der Waals surface area contributed by atoms with Gasteiger partial charge >= 0.3 is 5.97 Å². The van der Waals surface area contributed by atoms with Crippen molar-refractivity contribution >= 4 is 41.6 Å². The maximum absolute atomic E-state index is 12.1. The van der Waals surface area contributed by atoms with Gasteiger partial charge in [0, 0.05) is 16.7 Å². The molecule has 1 fully saturated rings. The summed E-state index contributed by atoms with van der Waals surface area (Å²) in [5, 5.41) is 0. The van der Waals surface area contributed by atoms with Gasteiger partial charge in [-0.25, -0.2) is 13.2 Å². The summed E-state index contributed by atoms with van der Waals surface area (Å²) in [6.07, 6.45) is 4.84. The van der Waals surface area contributed by atoms with Crippen LogP contribution in [0.3, 0.4) is 0 Å². The standard InChI is InChI=1S/C13H16BrClO5S/c1-2-8-5-3-4-6-9(8)20-13(16)10-7-11(12(14)19-10)21(15,17)18/h7-9H,2-6H2,1H3. The van der Waals surface area contributed by atoms with Crippen LogP contribution in [0.1, 0.15) is 49.6 Å². The summed E-state index contributed by atoms with van der Waals surface area (Å²) >= 11 is 2.93. The largest absolute Gasteiger partial charge is 0.456 e. The molecule has 0 bridgehead atoms. The van der Waals surface area contributed by atoms with Crippen molar-refractivity contribution < 1.29 is 22.4 Å². The molecular formula is C13H16BrClO5S. The monoisotopic (exact) mass is 398 g/mol. The fourth-order valence-corrected chi connectivity index (χ4v) is 4.64. The third-order valence-corrected chi connectivity index (χ3v) is 5.92. The van der Waals surface area contributed by atoms with E-state index in [0.717, 1.165) is 38.2 Å². The predicted molar refractivity (Wildman–Crippen MR) is 80.9 cm³/mol. The molecule has 0 spiro atoms. The highest BCUT2D eigenvalue weighted by Gasteiger charge is 2.30. The average molecular weight is 400 g/mol. The molecule has 1 aromatic rings. The number of halogens is 2. The van der Waals surface area contributed by atoms with Crippen LogP contribution in [0.4, 0.5) is 0 Å². The Balaban J connectivity index is 2.13. The van der Waals surface area contributed by atoms with Crippen molar-refractivity contribution in [1.29, 1.82) is 0 Å². The highest BCUT2D eigenvalue weighted by Crippen LogP contribution is 2.32. The first-order valence-electron chi connectivity index (χ1n) is 6.78. The van der Waals surface area contributed by atoms with Gasteiger partial charge in [-0.3, -0.25) is 0 Å². The molecule has 0 N–H and O–H groups in total. The molecule has 1 heterocycles. The number of hydrogen-bond donors (Lipinski definition) is 0. The SMILES string of the molecule is CCC1CCCCC1OC(=O)c1cc(S(=O)(=O)Cl)c(Br)o1. The number of furan rings is 1. The van der Waals surface area contributed by atoms with E-state index in [1.807, 2.05) is 0 Å². The summed E-state index contributed by atoms with van der Waals surface area (Å²) < 4.78 is 33.1. The van der Waals surface area contributed by atoms with Crippen LogP contribution in [0.2, 0.25) is 0 Å². The third kappa shape index (κ3) is 4.02. The number of ether oxygens (including phenoxy) is 1. The highest BCUT2D eigenvalue weighted by molar-refractivity contribution is 9.10. The molecule has 2 atom stereocenters. The van der Waals surface area contributed by atoms with E-state index in [1.54, 1.807) is 0 Å². The molecule has 0 aliphatic heterocycles. The van der Waals surface area contributed by atoms with Gasteiger partial charge in [-0.2, -0.15) is 0 Å². The summed E-state index contributed by atoms with van der Waals surface area (Å²) in [7, 11) is 1.28. The Morgan fingerprint density at radius 3 is 2.71 bits per heavy atom. The third-order valence-electron chi connectivity index (χ3n) is 3.74. The van der Waals surface area contributed by atoms with Gasteiger partial charge in [-0.1, -0.05) is 13.3 Å². The van der Waals surface area contributed by atoms with Gasteiger partial charge in [0.25, 0.3) is 9.05 Å². The van der Waals surface area contributed by atoms with E-state index in [4.69, 9.17) is 19.8 Å². The van der Waals surface area contributed by atoms with Crippen molar-refractivity contribution in [3.05, 3.63) is 16.5 Å². The average Bonchev–Trinajstić information content (AvgIpc) is 2.81. The van der Waals surface area contributed by atoms with Gasteiger partial charge in [-0.05, 0) is 47.5 Å². The van der Waals surface area contributed by atoms with E-state index < -0.39 is 15.0 Å². The van der Waals surface area contributed by atoms with E-state index in [1.165, 1.54) is 0 Å². The molecule has 2 rings (SSSR count). The lowest BCUT2D eigenvalue weighted by atomic mass is 9.85. The minimum absolute atomic E-state index is 0.0971. The van der Waals surface area contributed by atoms with Gasteiger partial charge in [0.05, 0.1) is 0 Å². The van der Waals surface area contributed by atoms with E-state index in [9.17, 15) is 13.2 Å². The summed E-state index contributed by atoms with van der Waals surface area (Å²) in [4.78, 5) is 11.8.